The van der Waals surface area contributed by atoms with Crippen molar-refractivity contribution in [2.24, 2.45) is 7.05 Å². The number of pyridine rings is 1. The van der Waals surface area contributed by atoms with E-state index in [2.05, 4.69) is 41.4 Å². The Kier molecular flexibility index (Phi) is 4.68. The summed E-state index contributed by atoms with van der Waals surface area (Å²) in [5.74, 6) is 0. The van der Waals surface area contributed by atoms with Crippen molar-refractivity contribution < 1.29 is 0 Å². The van der Waals surface area contributed by atoms with E-state index in [9.17, 15) is 0 Å². The van der Waals surface area contributed by atoms with E-state index in [-0.39, 0.29) is 0 Å². The van der Waals surface area contributed by atoms with Gasteiger partial charge in [-0.15, -0.1) is 0 Å². The second-order valence-corrected chi connectivity index (χ2v) is 4.83. The lowest BCUT2D eigenvalue weighted by Gasteiger charge is -2.19. The predicted molar refractivity (Wildman–Crippen MR) is 76.9 cm³/mol. The molecule has 1 unspecified atom stereocenters. The molecule has 2 aromatic rings. The van der Waals surface area contributed by atoms with Crippen molar-refractivity contribution in [3.8, 4) is 0 Å². The third kappa shape index (κ3) is 3.41. The number of aryl methyl sites for hydroxylation is 3. The highest BCUT2D eigenvalue weighted by Crippen LogP contribution is 2.21. The highest BCUT2D eigenvalue weighted by molar-refractivity contribution is 5.25. The molecule has 2 rings (SSSR count). The smallest absolute Gasteiger partial charge is 0.0492 e. The number of nitrogens with one attached hydrogen (secondary N) is 1. The van der Waals surface area contributed by atoms with Crippen molar-refractivity contribution in [2.75, 3.05) is 6.54 Å². The van der Waals surface area contributed by atoms with Crippen LogP contribution < -0.4 is 5.32 Å². The summed E-state index contributed by atoms with van der Waals surface area (Å²) in [5.41, 5.74) is 3.86. The number of rotatable bonds is 6. The average Bonchev–Trinajstić information content (AvgIpc) is 2.81. The predicted octanol–water partition coefficient (Wildman–Crippen LogP) is 2.41. The van der Waals surface area contributed by atoms with Crippen molar-refractivity contribution >= 4 is 0 Å². The van der Waals surface area contributed by atoms with Crippen LogP contribution in [0.15, 0.2) is 30.7 Å². The molecule has 4 nitrogen and oxygen atoms in total. The van der Waals surface area contributed by atoms with E-state index < -0.39 is 0 Å². The molecular weight excluding hydrogens is 236 g/mol. The van der Waals surface area contributed by atoms with E-state index in [4.69, 9.17) is 0 Å². The number of hydrogen-bond donors (Lipinski definition) is 1. The number of nitrogens with zero attached hydrogens (tertiary/aromatic N) is 3. The Labute approximate surface area is 114 Å². The zero-order chi connectivity index (χ0) is 13.7. The maximum absolute atomic E-state index is 4.25. The van der Waals surface area contributed by atoms with E-state index >= 15 is 0 Å². The average molecular weight is 258 g/mol. The van der Waals surface area contributed by atoms with E-state index in [0.717, 1.165) is 19.4 Å². The number of aromatic nitrogens is 3. The van der Waals surface area contributed by atoms with Gasteiger partial charge >= 0.3 is 0 Å². The zero-order valence-electron chi connectivity index (χ0n) is 11.9. The van der Waals surface area contributed by atoms with Crippen LogP contribution in [0.2, 0.25) is 0 Å². The molecule has 0 bridgehead atoms. The summed E-state index contributed by atoms with van der Waals surface area (Å²) < 4.78 is 1.94. The molecule has 0 fully saturated rings. The van der Waals surface area contributed by atoms with Crippen LogP contribution in [0.25, 0.3) is 0 Å². The Morgan fingerprint density at radius 1 is 1.32 bits per heavy atom. The van der Waals surface area contributed by atoms with Crippen LogP contribution >= 0.6 is 0 Å². The maximum atomic E-state index is 4.25. The quantitative estimate of drug-likeness (QED) is 0.865. The minimum Gasteiger partial charge on any atom is -0.310 e. The van der Waals surface area contributed by atoms with Gasteiger partial charge in [-0.2, -0.15) is 5.10 Å². The van der Waals surface area contributed by atoms with Crippen molar-refractivity contribution in [2.45, 2.75) is 32.7 Å². The highest BCUT2D eigenvalue weighted by atomic mass is 15.2. The van der Waals surface area contributed by atoms with E-state index in [1.807, 2.05) is 30.3 Å². The van der Waals surface area contributed by atoms with Crippen LogP contribution in [0, 0.1) is 6.92 Å². The first kappa shape index (κ1) is 13.7. The molecule has 0 amide bonds. The van der Waals surface area contributed by atoms with Gasteiger partial charge in [0.1, 0.15) is 0 Å². The van der Waals surface area contributed by atoms with Gasteiger partial charge in [-0.3, -0.25) is 9.67 Å². The topological polar surface area (TPSA) is 42.7 Å². The molecule has 0 aromatic carbocycles. The van der Waals surface area contributed by atoms with Crippen LogP contribution in [-0.2, 0) is 13.5 Å². The SMILES string of the molecule is CCNC(CCc1ccnn1C)c1cnccc1C. The summed E-state index contributed by atoms with van der Waals surface area (Å²) in [5, 5.41) is 7.77. The third-order valence-electron chi connectivity index (χ3n) is 3.52. The van der Waals surface area contributed by atoms with Crippen molar-refractivity contribution in [1.29, 1.82) is 0 Å². The lowest BCUT2D eigenvalue weighted by atomic mass is 9.99. The minimum absolute atomic E-state index is 0.355. The van der Waals surface area contributed by atoms with Gasteiger partial charge in [0, 0.05) is 37.4 Å². The standard InChI is InChI=1S/C15H22N4/c1-4-17-15(14-11-16-9-7-12(14)2)6-5-13-8-10-18-19(13)3/h7-11,15,17H,4-6H2,1-3H3. The van der Waals surface area contributed by atoms with Crippen molar-refractivity contribution in [3.05, 3.63) is 47.5 Å². The molecule has 2 aromatic heterocycles. The van der Waals surface area contributed by atoms with Gasteiger partial charge in [-0.25, -0.2) is 0 Å². The molecular formula is C15H22N4. The molecule has 0 saturated carbocycles. The molecule has 4 heteroatoms. The molecule has 2 heterocycles. The molecule has 1 atom stereocenters. The summed E-state index contributed by atoms with van der Waals surface area (Å²) in [6.45, 7) is 5.25. The lowest BCUT2D eigenvalue weighted by molar-refractivity contribution is 0.503. The van der Waals surface area contributed by atoms with Gasteiger partial charge in [-0.05, 0) is 49.6 Å². The summed E-state index contributed by atoms with van der Waals surface area (Å²) in [7, 11) is 1.99. The first-order chi connectivity index (χ1) is 9.22. The molecule has 0 aliphatic rings. The van der Waals surface area contributed by atoms with Crippen LogP contribution in [-0.4, -0.2) is 21.3 Å². The lowest BCUT2D eigenvalue weighted by Crippen LogP contribution is -2.22. The minimum atomic E-state index is 0.355. The van der Waals surface area contributed by atoms with Crippen LogP contribution in [0.4, 0.5) is 0 Å². The van der Waals surface area contributed by atoms with Gasteiger partial charge in [0.25, 0.3) is 0 Å². The monoisotopic (exact) mass is 258 g/mol. The third-order valence-corrected chi connectivity index (χ3v) is 3.52. The van der Waals surface area contributed by atoms with E-state index in [1.54, 1.807) is 0 Å². The summed E-state index contributed by atoms with van der Waals surface area (Å²) in [6, 6.07) is 4.51. The Bertz CT molecular complexity index is 518. The molecule has 0 saturated heterocycles. The van der Waals surface area contributed by atoms with Gasteiger partial charge in [-0.1, -0.05) is 6.92 Å². The van der Waals surface area contributed by atoms with Gasteiger partial charge in [0.05, 0.1) is 0 Å². The second-order valence-electron chi connectivity index (χ2n) is 4.83. The van der Waals surface area contributed by atoms with Crippen molar-refractivity contribution in [1.82, 2.24) is 20.1 Å². The summed E-state index contributed by atoms with van der Waals surface area (Å²) in [4.78, 5) is 4.25. The number of hydrogen-bond acceptors (Lipinski definition) is 3. The Balaban J connectivity index is 2.09. The molecule has 0 aliphatic carbocycles. The van der Waals surface area contributed by atoms with E-state index in [1.165, 1.54) is 16.8 Å². The Morgan fingerprint density at radius 3 is 2.79 bits per heavy atom. The fraction of sp³-hybridized carbons (Fsp3) is 0.467. The fourth-order valence-corrected chi connectivity index (χ4v) is 2.39. The zero-order valence-corrected chi connectivity index (χ0v) is 11.9. The molecule has 102 valence electrons. The highest BCUT2D eigenvalue weighted by Gasteiger charge is 2.13. The van der Waals surface area contributed by atoms with Gasteiger partial charge < -0.3 is 5.32 Å². The first-order valence-corrected chi connectivity index (χ1v) is 6.83. The summed E-state index contributed by atoms with van der Waals surface area (Å²) in [6.07, 6.45) is 7.75. The second kappa shape index (κ2) is 6.48. The Morgan fingerprint density at radius 2 is 2.16 bits per heavy atom. The largest absolute Gasteiger partial charge is 0.310 e. The van der Waals surface area contributed by atoms with Crippen LogP contribution in [0.1, 0.15) is 36.2 Å². The maximum Gasteiger partial charge on any atom is 0.0492 e. The molecule has 0 spiro atoms. The van der Waals surface area contributed by atoms with Gasteiger partial charge in [0.2, 0.25) is 0 Å². The fourth-order valence-electron chi connectivity index (χ4n) is 2.39. The van der Waals surface area contributed by atoms with Crippen LogP contribution in [0.3, 0.4) is 0 Å². The van der Waals surface area contributed by atoms with Crippen LogP contribution in [0.5, 0.6) is 0 Å². The molecule has 0 aliphatic heterocycles. The summed E-state index contributed by atoms with van der Waals surface area (Å²) >= 11 is 0. The molecule has 0 radical (unpaired) electrons. The van der Waals surface area contributed by atoms with Gasteiger partial charge in [0.15, 0.2) is 0 Å². The normalized spacial score (nSPS) is 12.6. The van der Waals surface area contributed by atoms with Crippen molar-refractivity contribution in [3.63, 3.8) is 0 Å². The first-order valence-electron chi connectivity index (χ1n) is 6.83. The van der Waals surface area contributed by atoms with E-state index in [0.29, 0.717) is 6.04 Å². The molecule has 19 heavy (non-hydrogen) atoms. The molecule has 1 N–H and O–H groups in total. The Hall–Kier alpha value is -1.68.